The van der Waals surface area contributed by atoms with Gasteiger partial charge in [-0.05, 0) is 32.0 Å². The molecule has 0 N–H and O–H groups in total. The van der Waals surface area contributed by atoms with Gasteiger partial charge in [0.05, 0.1) is 10.7 Å². The van der Waals surface area contributed by atoms with E-state index < -0.39 is 0 Å². The number of aromatic nitrogens is 1. The van der Waals surface area contributed by atoms with Crippen molar-refractivity contribution < 1.29 is 9.18 Å². The monoisotopic (exact) mass is 382 g/mol. The van der Waals surface area contributed by atoms with Gasteiger partial charge in [-0.1, -0.05) is 22.0 Å². The van der Waals surface area contributed by atoms with E-state index in [2.05, 4.69) is 27.5 Å². The molecule has 0 atom stereocenters. The van der Waals surface area contributed by atoms with E-state index >= 15 is 0 Å². The van der Waals surface area contributed by atoms with Crippen LogP contribution in [0.25, 0.3) is 0 Å². The number of amides is 1. The van der Waals surface area contributed by atoms with Crippen LogP contribution in [0.5, 0.6) is 0 Å². The fourth-order valence-electron chi connectivity index (χ4n) is 2.12. The first-order valence-electron chi connectivity index (χ1n) is 6.70. The van der Waals surface area contributed by atoms with Crippen LogP contribution in [-0.2, 0) is 6.54 Å². The predicted molar refractivity (Wildman–Crippen MR) is 90.6 cm³/mol. The van der Waals surface area contributed by atoms with Crippen molar-refractivity contribution in [2.24, 2.45) is 0 Å². The van der Waals surface area contributed by atoms with Crippen molar-refractivity contribution in [1.29, 1.82) is 0 Å². The largest absolute Gasteiger partial charge is 0.330 e. The third-order valence-electron chi connectivity index (χ3n) is 3.10. The number of halogens is 2. The molecule has 0 radical (unpaired) electrons. The maximum Gasteiger partial charge on any atom is 0.266 e. The smallest absolute Gasteiger partial charge is 0.266 e. The maximum absolute atomic E-state index is 13.9. The van der Waals surface area contributed by atoms with E-state index in [1.54, 1.807) is 23.1 Å². The molecule has 2 rings (SSSR count). The molecule has 0 unspecified atom stereocenters. The molecule has 22 heavy (non-hydrogen) atoms. The summed E-state index contributed by atoms with van der Waals surface area (Å²) in [6, 6.07) is 4.71. The standard InChI is InChI=1S/C16H16BrFN2OS/c1-4-7-20(9-12-8-13(17)5-6-14(12)18)16(21)15-10(2)19-11(3)22-15/h4-6,8H,1,7,9H2,2-3H3. The van der Waals surface area contributed by atoms with Gasteiger partial charge in [-0.3, -0.25) is 4.79 Å². The third kappa shape index (κ3) is 3.81. The first-order valence-corrected chi connectivity index (χ1v) is 8.31. The number of aryl methyl sites for hydroxylation is 2. The molecule has 1 heterocycles. The number of thiazole rings is 1. The number of nitrogens with zero attached hydrogens (tertiary/aromatic N) is 2. The molecule has 2 aromatic rings. The second-order valence-electron chi connectivity index (χ2n) is 4.86. The summed E-state index contributed by atoms with van der Waals surface area (Å²) in [7, 11) is 0. The molecule has 0 aliphatic heterocycles. The Morgan fingerprint density at radius 3 is 2.82 bits per heavy atom. The lowest BCUT2D eigenvalue weighted by Crippen LogP contribution is -2.31. The molecule has 0 spiro atoms. The van der Waals surface area contributed by atoms with Gasteiger partial charge in [0.2, 0.25) is 0 Å². The fourth-order valence-corrected chi connectivity index (χ4v) is 3.41. The second-order valence-corrected chi connectivity index (χ2v) is 6.98. The highest BCUT2D eigenvalue weighted by Crippen LogP contribution is 2.22. The Kier molecular flexibility index (Phi) is 5.47. The summed E-state index contributed by atoms with van der Waals surface area (Å²) in [5, 5.41) is 0.841. The van der Waals surface area contributed by atoms with Crippen LogP contribution in [0.1, 0.15) is 25.9 Å². The zero-order valence-corrected chi connectivity index (χ0v) is 14.8. The van der Waals surface area contributed by atoms with E-state index in [1.807, 2.05) is 13.8 Å². The number of hydrogen-bond donors (Lipinski definition) is 0. The molecular weight excluding hydrogens is 367 g/mol. The third-order valence-corrected chi connectivity index (χ3v) is 4.66. The van der Waals surface area contributed by atoms with Gasteiger partial charge >= 0.3 is 0 Å². The van der Waals surface area contributed by atoms with Gasteiger partial charge in [-0.15, -0.1) is 17.9 Å². The topological polar surface area (TPSA) is 33.2 Å². The van der Waals surface area contributed by atoms with Crippen molar-refractivity contribution in [1.82, 2.24) is 9.88 Å². The zero-order chi connectivity index (χ0) is 16.3. The van der Waals surface area contributed by atoms with Gasteiger partial charge in [0.15, 0.2) is 0 Å². The Balaban J connectivity index is 2.30. The van der Waals surface area contributed by atoms with Crippen LogP contribution in [-0.4, -0.2) is 22.3 Å². The van der Waals surface area contributed by atoms with Gasteiger partial charge < -0.3 is 4.90 Å². The van der Waals surface area contributed by atoms with Gasteiger partial charge in [-0.25, -0.2) is 9.37 Å². The summed E-state index contributed by atoms with van der Waals surface area (Å²) in [5.74, 6) is -0.482. The molecule has 1 amide bonds. The van der Waals surface area contributed by atoms with Crippen molar-refractivity contribution in [2.75, 3.05) is 6.54 Å². The molecule has 0 fully saturated rings. The first-order chi connectivity index (χ1) is 10.4. The highest BCUT2D eigenvalue weighted by molar-refractivity contribution is 9.10. The summed E-state index contributed by atoms with van der Waals surface area (Å²) in [6.45, 7) is 7.88. The summed E-state index contributed by atoms with van der Waals surface area (Å²) in [5.41, 5.74) is 1.17. The van der Waals surface area contributed by atoms with E-state index in [-0.39, 0.29) is 18.3 Å². The lowest BCUT2D eigenvalue weighted by atomic mass is 10.2. The summed E-state index contributed by atoms with van der Waals surface area (Å²) < 4.78 is 14.7. The fraction of sp³-hybridized carbons (Fsp3) is 0.250. The van der Waals surface area contributed by atoms with Crippen LogP contribution in [0, 0.1) is 19.7 Å². The van der Waals surface area contributed by atoms with Crippen LogP contribution in [0.2, 0.25) is 0 Å². The summed E-state index contributed by atoms with van der Waals surface area (Å²) in [6.07, 6.45) is 1.64. The van der Waals surface area contributed by atoms with E-state index in [1.165, 1.54) is 17.4 Å². The summed E-state index contributed by atoms with van der Waals surface area (Å²) in [4.78, 5) is 19.1. The molecule has 116 valence electrons. The predicted octanol–water partition coefficient (Wildman–Crippen LogP) is 4.49. The van der Waals surface area contributed by atoms with Crippen LogP contribution in [0.15, 0.2) is 35.3 Å². The van der Waals surface area contributed by atoms with E-state index in [4.69, 9.17) is 0 Å². The minimum Gasteiger partial charge on any atom is -0.330 e. The van der Waals surface area contributed by atoms with E-state index in [0.717, 1.165) is 9.48 Å². The van der Waals surface area contributed by atoms with Crippen LogP contribution >= 0.6 is 27.3 Å². The number of carbonyl (C=O) groups is 1. The average molecular weight is 383 g/mol. The van der Waals surface area contributed by atoms with Crippen molar-refractivity contribution in [3.8, 4) is 0 Å². The van der Waals surface area contributed by atoms with Crippen molar-refractivity contribution in [2.45, 2.75) is 20.4 Å². The highest BCUT2D eigenvalue weighted by atomic mass is 79.9. The molecular formula is C16H16BrFN2OS. The van der Waals surface area contributed by atoms with Crippen LogP contribution in [0.3, 0.4) is 0 Å². The number of benzene rings is 1. The number of rotatable bonds is 5. The highest BCUT2D eigenvalue weighted by Gasteiger charge is 2.21. The molecule has 0 saturated carbocycles. The van der Waals surface area contributed by atoms with Gasteiger partial charge in [0, 0.05) is 23.1 Å². The van der Waals surface area contributed by atoms with Crippen LogP contribution in [0.4, 0.5) is 4.39 Å². The Bertz CT molecular complexity index is 714. The molecule has 6 heteroatoms. The first kappa shape index (κ1) is 16.8. The summed E-state index contributed by atoms with van der Waals surface area (Å²) >= 11 is 4.68. The molecule has 0 aliphatic carbocycles. The molecule has 1 aromatic carbocycles. The molecule has 0 saturated heterocycles. The van der Waals surface area contributed by atoms with Crippen molar-refractivity contribution in [3.63, 3.8) is 0 Å². The van der Waals surface area contributed by atoms with Gasteiger partial charge in [0.1, 0.15) is 10.7 Å². The molecule has 0 bridgehead atoms. The molecule has 3 nitrogen and oxygen atoms in total. The minimum absolute atomic E-state index is 0.151. The van der Waals surface area contributed by atoms with Crippen molar-refractivity contribution in [3.05, 3.63) is 62.3 Å². The minimum atomic E-state index is -0.331. The quantitative estimate of drug-likeness (QED) is 0.713. The van der Waals surface area contributed by atoms with Gasteiger partial charge in [0.25, 0.3) is 5.91 Å². The lowest BCUT2D eigenvalue weighted by molar-refractivity contribution is 0.0765. The Labute approximate surface area is 141 Å². The van der Waals surface area contributed by atoms with E-state index in [0.29, 0.717) is 22.7 Å². The van der Waals surface area contributed by atoms with Crippen LogP contribution < -0.4 is 0 Å². The molecule has 0 aliphatic rings. The normalized spacial score (nSPS) is 10.5. The SMILES string of the molecule is C=CCN(Cc1cc(Br)ccc1F)C(=O)c1sc(C)nc1C. The number of carbonyl (C=O) groups excluding carboxylic acids is 1. The van der Waals surface area contributed by atoms with E-state index in [9.17, 15) is 9.18 Å². The molecule has 1 aromatic heterocycles. The van der Waals surface area contributed by atoms with Gasteiger partial charge in [-0.2, -0.15) is 0 Å². The average Bonchev–Trinajstić information content (AvgIpc) is 2.80. The zero-order valence-electron chi connectivity index (χ0n) is 12.4. The van der Waals surface area contributed by atoms with Crippen molar-refractivity contribution >= 4 is 33.2 Å². The number of hydrogen-bond acceptors (Lipinski definition) is 3. The Morgan fingerprint density at radius 2 is 2.23 bits per heavy atom. The maximum atomic E-state index is 13.9. The Hall–Kier alpha value is -1.53. The Morgan fingerprint density at radius 1 is 1.50 bits per heavy atom. The lowest BCUT2D eigenvalue weighted by Gasteiger charge is -2.21. The second kappa shape index (κ2) is 7.15.